The van der Waals surface area contributed by atoms with Crippen LogP contribution in [0, 0.1) is 0 Å². The summed E-state index contributed by atoms with van der Waals surface area (Å²) < 4.78 is 2.13. The van der Waals surface area contributed by atoms with Crippen molar-refractivity contribution in [2.75, 3.05) is 13.1 Å². The van der Waals surface area contributed by atoms with E-state index in [1.54, 1.807) is 0 Å². The zero-order chi connectivity index (χ0) is 15.9. The molecule has 0 aliphatic heterocycles. The van der Waals surface area contributed by atoms with E-state index >= 15 is 0 Å². The number of nitrogens with two attached hydrogens (primary N) is 1. The summed E-state index contributed by atoms with van der Waals surface area (Å²) in [4.78, 5) is 2.49. The zero-order valence-electron chi connectivity index (χ0n) is 14.6. The summed E-state index contributed by atoms with van der Waals surface area (Å²) in [5.74, 6) is 0. The van der Waals surface area contributed by atoms with E-state index < -0.39 is 0 Å². The number of aromatic nitrogens is 2. The first-order chi connectivity index (χ1) is 10.0. The molecule has 1 atom stereocenters. The quantitative estimate of drug-likeness (QED) is 0.717. The molecular weight excluding hydrogens is 260 g/mol. The third kappa shape index (κ3) is 4.55. The second kappa shape index (κ2) is 8.54. The minimum atomic E-state index is 0.0642. The van der Waals surface area contributed by atoms with Gasteiger partial charge in [-0.25, -0.2) is 0 Å². The van der Waals surface area contributed by atoms with Crippen molar-refractivity contribution in [2.45, 2.75) is 78.4 Å². The Hall–Kier alpha value is -0.870. The van der Waals surface area contributed by atoms with Crippen molar-refractivity contribution < 1.29 is 0 Å². The minimum Gasteiger partial charge on any atom is -0.329 e. The molecule has 2 N–H and O–H groups in total. The SMILES string of the molecule is CCCN(Cc1ccn(C(CC)CC)n1)C(C)(CC)CN. The zero-order valence-corrected chi connectivity index (χ0v) is 14.6. The fraction of sp³-hybridized carbons (Fsp3) is 0.824. The van der Waals surface area contributed by atoms with Crippen molar-refractivity contribution in [3.63, 3.8) is 0 Å². The molecule has 0 bridgehead atoms. The maximum Gasteiger partial charge on any atom is 0.0765 e. The van der Waals surface area contributed by atoms with Gasteiger partial charge in [0.05, 0.1) is 11.7 Å². The van der Waals surface area contributed by atoms with Crippen LogP contribution in [-0.2, 0) is 6.54 Å². The molecule has 0 aliphatic carbocycles. The second-order valence-electron chi connectivity index (χ2n) is 6.23. The smallest absolute Gasteiger partial charge is 0.0765 e. The minimum absolute atomic E-state index is 0.0642. The highest BCUT2D eigenvalue weighted by molar-refractivity contribution is 5.02. The summed E-state index contributed by atoms with van der Waals surface area (Å²) in [6, 6.07) is 2.68. The van der Waals surface area contributed by atoms with Gasteiger partial charge >= 0.3 is 0 Å². The molecule has 1 rings (SSSR count). The van der Waals surface area contributed by atoms with Gasteiger partial charge in [-0.05, 0) is 45.2 Å². The van der Waals surface area contributed by atoms with E-state index in [0.717, 1.165) is 44.5 Å². The number of rotatable bonds is 10. The van der Waals surface area contributed by atoms with Crippen LogP contribution in [-0.4, -0.2) is 33.3 Å². The Morgan fingerprint density at radius 3 is 2.43 bits per heavy atom. The van der Waals surface area contributed by atoms with Crippen molar-refractivity contribution in [3.8, 4) is 0 Å². The van der Waals surface area contributed by atoms with E-state index in [9.17, 15) is 0 Å². The Balaban J connectivity index is 2.85. The molecule has 0 radical (unpaired) electrons. The van der Waals surface area contributed by atoms with Crippen molar-refractivity contribution >= 4 is 0 Å². The van der Waals surface area contributed by atoms with Crippen LogP contribution in [0.3, 0.4) is 0 Å². The lowest BCUT2D eigenvalue weighted by Crippen LogP contribution is -2.51. The Morgan fingerprint density at radius 1 is 1.29 bits per heavy atom. The van der Waals surface area contributed by atoms with Crippen LogP contribution in [0.25, 0.3) is 0 Å². The van der Waals surface area contributed by atoms with E-state index in [2.05, 4.69) is 56.5 Å². The fourth-order valence-electron chi connectivity index (χ4n) is 2.83. The predicted molar refractivity (Wildman–Crippen MR) is 90.3 cm³/mol. The number of hydrogen-bond acceptors (Lipinski definition) is 3. The highest BCUT2D eigenvalue weighted by Gasteiger charge is 2.28. The lowest BCUT2D eigenvalue weighted by Gasteiger charge is -2.39. The first-order valence-corrected chi connectivity index (χ1v) is 8.53. The van der Waals surface area contributed by atoms with Gasteiger partial charge in [-0.2, -0.15) is 5.10 Å². The van der Waals surface area contributed by atoms with Crippen molar-refractivity contribution in [2.24, 2.45) is 5.73 Å². The third-order valence-corrected chi connectivity index (χ3v) is 4.79. The second-order valence-corrected chi connectivity index (χ2v) is 6.23. The maximum atomic E-state index is 6.03. The van der Waals surface area contributed by atoms with Crippen LogP contribution in [0.4, 0.5) is 0 Å². The first-order valence-electron chi connectivity index (χ1n) is 8.53. The molecule has 0 saturated heterocycles. The van der Waals surface area contributed by atoms with Gasteiger partial charge in [0, 0.05) is 24.8 Å². The summed E-state index contributed by atoms with van der Waals surface area (Å²) >= 11 is 0. The molecule has 122 valence electrons. The van der Waals surface area contributed by atoms with Crippen LogP contribution in [0.15, 0.2) is 12.3 Å². The van der Waals surface area contributed by atoms with Crippen molar-refractivity contribution in [1.82, 2.24) is 14.7 Å². The Kier molecular flexibility index (Phi) is 7.40. The lowest BCUT2D eigenvalue weighted by atomic mass is 9.96. The molecule has 21 heavy (non-hydrogen) atoms. The van der Waals surface area contributed by atoms with Gasteiger partial charge < -0.3 is 5.73 Å². The van der Waals surface area contributed by atoms with Crippen molar-refractivity contribution in [1.29, 1.82) is 0 Å². The van der Waals surface area contributed by atoms with Crippen LogP contribution < -0.4 is 5.73 Å². The molecule has 1 aromatic heterocycles. The first kappa shape index (κ1) is 18.2. The average Bonchev–Trinajstić information content (AvgIpc) is 2.96. The summed E-state index contributed by atoms with van der Waals surface area (Å²) in [6.07, 6.45) is 6.60. The summed E-state index contributed by atoms with van der Waals surface area (Å²) in [5, 5.41) is 4.79. The van der Waals surface area contributed by atoms with Crippen LogP contribution >= 0.6 is 0 Å². The van der Waals surface area contributed by atoms with Gasteiger partial charge in [0.1, 0.15) is 0 Å². The molecule has 4 nitrogen and oxygen atoms in total. The molecule has 4 heteroatoms. The van der Waals surface area contributed by atoms with Gasteiger partial charge in [0.15, 0.2) is 0 Å². The van der Waals surface area contributed by atoms with Crippen LogP contribution in [0.1, 0.15) is 72.0 Å². The molecule has 0 saturated carbocycles. The largest absolute Gasteiger partial charge is 0.329 e. The molecule has 0 spiro atoms. The fourth-order valence-corrected chi connectivity index (χ4v) is 2.83. The van der Waals surface area contributed by atoms with Gasteiger partial charge in [-0.1, -0.05) is 27.7 Å². The molecule has 0 amide bonds. The summed E-state index contributed by atoms with van der Waals surface area (Å²) in [7, 11) is 0. The van der Waals surface area contributed by atoms with Gasteiger partial charge in [0.2, 0.25) is 0 Å². The third-order valence-electron chi connectivity index (χ3n) is 4.79. The molecule has 0 aromatic carbocycles. The summed E-state index contributed by atoms with van der Waals surface area (Å²) in [5.41, 5.74) is 7.25. The number of hydrogen-bond donors (Lipinski definition) is 1. The summed E-state index contributed by atoms with van der Waals surface area (Å²) in [6.45, 7) is 13.8. The molecular formula is C17H34N4. The topological polar surface area (TPSA) is 47.1 Å². The molecule has 1 unspecified atom stereocenters. The van der Waals surface area contributed by atoms with Crippen LogP contribution in [0.2, 0.25) is 0 Å². The molecule has 1 aromatic rings. The highest BCUT2D eigenvalue weighted by atomic mass is 15.3. The lowest BCUT2D eigenvalue weighted by molar-refractivity contribution is 0.0954. The van der Waals surface area contributed by atoms with E-state index in [-0.39, 0.29) is 5.54 Å². The normalized spacial score (nSPS) is 14.9. The highest BCUT2D eigenvalue weighted by Crippen LogP contribution is 2.22. The average molecular weight is 294 g/mol. The van der Waals surface area contributed by atoms with E-state index in [1.807, 2.05) is 0 Å². The predicted octanol–water partition coefficient (Wildman–Crippen LogP) is 3.58. The Bertz CT molecular complexity index is 391. The van der Waals surface area contributed by atoms with E-state index in [4.69, 9.17) is 10.8 Å². The van der Waals surface area contributed by atoms with E-state index in [1.165, 1.54) is 0 Å². The maximum absolute atomic E-state index is 6.03. The monoisotopic (exact) mass is 294 g/mol. The molecule has 0 fully saturated rings. The van der Waals surface area contributed by atoms with Gasteiger partial charge in [0.25, 0.3) is 0 Å². The molecule has 1 heterocycles. The Labute approximate surface area is 130 Å². The number of nitrogens with zero attached hydrogens (tertiary/aromatic N) is 3. The van der Waals surface area contributed by atoms with Gasteiger partial charge in [-0.15, -0.1) is 0 Å². The molecule has 0 aliphatic rings. The van der Waals surface area contributed by atoms with Crippen LogP contribution in [0.5, 0.6) is 0 Å². The van der Waals surface area contributed by atoms with Gasteiger partial charge in [-0.3, -0.25) is 9.58 Å². The standard InChI is InChI=1S/C17H34N4/c1-6-11-20(17(5,9-4)14-18)13-15-10-12-21(19-15)16(7-2)8-3/h10,12,16H,6-9,11,13-14,18H2,1-5H3. The Morgan fingerprint density at radius 2 is 1.95 bits per heavy atom. The van der Waals surface area contributed by atoms with E-state index in [0.29, 0.717) is 12.6 Å². The van der Waals surface area contributed by atoms with Crippen molar-refractivity contribution in [3.05, 3.63) is 18.0 Å².